The van der Waals surface area contributed by atoms with Gasteiger partial charge in [-0.3, -0.25) is 4.79 Å². The number of ether oxygens (including phenoxy) is 2. The van der Waals surface area contributed by atoms with E-state index in [2.05, 4.69) is 4.74 Å². The van der Waals surface area contributed by atoms with Crippen molar-refractivity contribution in [1.82, 2.24) is 4.31 Å². The predicted octanol–water partition coefficient (Wildman–Crippen LogP) is 3.23. The molecule has 3 rings (SSSR count). The zero-order chi connectivity index (χ0) is 22.1. The fourth-order valence-corrected chi connectivity index (χ4v) is 5.08. The summed E-state index contributed by atoms with van der Waals surface area (Å²) in [4.78, 5) is 11.2. The molecule has 0 aliphatic carbocycles. The van der Waals surface area contributed by atoms with Crippen molar-refractivity contribution in [3.8, 4) is 5.75 Å². The molecule has 1 heterocycles. The van der Waals surface area contributed by atoms with Crippen LogP contribution in [-0.4, -0.2) is 44.5 Å². The number of rotatable bonds is 5. The molecule has 2 atom stereocenters. The van der Waals surface area contributed by atoms with Gasteiger partial charge in [0.25, 0.3) is 0 Å². The van der Waals surface area contributed by atoms with Gasteiger partial charge in [0.2, 0.25) is 10.0 Å². The number of carbonyl (C=O) groups excluding carboxylic acids is 1. The van der Waals surface area contributed by atoms with Gasteiger partial charge < -0.3 is 9.47 Å². The Morgan fingerprint density at radius 2 is 1.73 bits per heavy atom. The molecule has 0 radical (unpaired) electrons. The van der Waals surface area contributed by atoms with Crippen LogP contribution in [0.4, 0.5) is 17.6 Å². The molecule has 0 saturated carbocycles. The Morgan fingerprint density at radius 1 is 1.10 bits per heavy atom. The van der Waals surface area contributed by atoms with E-state index in [0.29, 0.717) is 10.4 Å². The summed E-state index contributed by atoms with van der Waals surface area (Å²) in [5.74, 6) is -1.82. The number of para-hydroxylation sites is 1. The fraction of sp³-hybridized carbons (Fsp3) is 0.316. The molecule has 0 amide bonds. The van der Waals surface area contributed by atoms with E-state index in [4.69, 9.17) is 4.74 Å². The minimum absolute atomic E-state index is 0.166. The Bertz CT molecular complexity index is 1040. The molecule has 1 aliphatic rings. The summed E-state index contributed by atoms with van der Waals surface area (Å²) >= 11 is 0. The van der Waals surface area contributed by atoms with Crippen molar-refractivity contribution in [1.29, 1.82) is 0 Å². The van der Waals surface area contributed by atoms with Crippen molar-refractivity contribution < 1.29 is 40.2 Å². The number of methoxy groups -OCH3 is 1. The molecule has 0 spiro atoms. The van der Waals surface area contributed by atoms with Crippen molar-refractivity contribution >= 4 is 16.0 Å². The number of benzene rings is 2. The first-order chi connectivity index (χ1) is 14.1. The van der Waals surface area contributed by atoms with Gasteiger partial charge in [-0.25, -0.2) is 12.8 Å². The maximum Gasteiger partial charge on any atom is 0.417 e. The van der Waals surface area contributed by atoms with Crippen LogP contribution < -0.4 is 4.74 Å². The third-order valence-electron chi connectivity index (χ3n) is 4.60. The van der Waals surface area contributed by atoms with Gasteiger partial charge in [0.15, 0.2) is 11.6 Å². The summed E-state index contributed by atoms with van der Waals surface area (Å²) in [5, 5.41) is 0. The second-order valence-electron chi connectivity index (χ2n) is 6.51. The molecule has 0 aromatic heterocycles. The molecule has 0 N–H and O–H groups in total. The highest BCUT2D eigenvalue weighted by atomic mass is 32.2. The van der Waals surface area contributed by atoms with Gasteiger partial charge in [-0.15, -0.1) is 0 Å². The SMILES string of the molecule is COC(=O)[C@H]1C[C@H](Oc2ccccc2F)CN1S(=O)(=O)c1ccccc1C(F)(F)F. The van der Waals surface area contributed by atoms with E-state index in [0.717, 1.165) is 31.4 Å². The third kappa shape index (κ3) is 4.26. The van der Waals surface area contributed by atoms with Crippen LogP contribution in [0.15, 0.2) is 53.4 Å². The molecule has 2 aromatic rings. The first-order valence-corrected chi connectivity index (χ1v) is 10.2. The van der Waals surface area contributed by atoms with Crippen LogP contribution in [0.25, 0.3) is 0 Å². The minimum Gasteiger partial charge on any atom is -0.486 e. The largest absolute Gasteiger partial charge is 0.486 e. The van der Waals surface area contributed by atoms with E-state index < -0.39 is 57.1 Å². The van der Waals surface area contributed by atoms with Gasteiger partial charge in [0, 0.05) is 6.42 Å². The normalized spacial score (nSPS) is 20.2. The quantitative estimate of drug-likeness (QED) is 0.520. The maximum absolute atomic E-state index is 13.9. The molecule has 0 bridgehead atoms. The van der Waals surface area contributed by atoms with Crippen LogP contribution in [0.5, 0.6) is 5.75 Å². The number of nitrogens with zero attached hydrogens (tertiary/aromatic N) is 1. The molecule has 11 heteroatoms. The molecule has 6 nitrogen and oxygen atoms in total. The van der Waals surface area contributed by atoms with Crippen molar-refractivity contribution in [2.45, 2.75) is 29.6 Å². The zero-order valence-electron chi connectivity index (χ0n) is 15.6. The van der Waals surface area contributed by atoms with Crippen LogP contribution in [0, 0.1) is 5.82 Å². The van der Waals surface area contributed by atoms with Crippen molar-refractivity contribution in [2.24, 2.45) is 0 Å². The number of hydrogen-bond donors (Lipinski definition) is 0. The van der Waals surface area contributed by atoms with Gasteiger partial charge in [0.1, 0.15) is 12.1 Å². The van der Waals surface area contributed by atoms with Gasteiger partial charge in [-0.05, 0) is 24.3 Å². The number of carbonyl (C=O) groups is 1. The zero-order valence-corrected chi connectivity index (χ0v) is 16.4. The lowest BCUT2D eigenvalue weighted by atomic mass is 10.2. The van der Waals surface area contributed by atoms with Crippen LogP contribution >= 0.6 is 0 Å². The fourth-order valence-electron chi connectivity index (χ4n) is 3.24. The van der Waals surface area contributed by atoms with Gasteiger partial charge in [0.05, 0.1) is 24.1 Å². The molecule has 30 heavy (non-hydrogen) atoms. The van der Waals surface area contributed by atoms with Crippen LogP contribution in [-0.2, 0) is 25.7 Å². The third-order valence-corrected chi connectivity index (χ3v) is 6.53. The molecule has 1 saturated heterocycles. The Morgan fingerprint density at radius 3 is 2.37 bits per heavy atom. The second-order valence-corrected chi connectivity index (χ2v) is 8.37. The summed E-state index contributed by atoms with van der Waals surface area (Å²) in [6.45, 7) is -0.456. The number of halogens is 4. The highest BCUT2D eigenvalue weighted by Crippen LogP contribution is 2.37. The van der Waals surface area contributed by atoms with E-state index >= 15 is 0 Å². The van der Waals surface area contributed by atoms with Crippen molar-refractivity contribution in [3.05, 3.63) is 59.9 Å². The highest BCUT2D eigenvalue weighted by Gasteiger charge is 2.48. The molecule has 0 unspecified atom stereocenters. The predicted molar refractivity (Wildman–Crippen MR) is 96.6 cm³/mol. The minimum atomic E-state index is -4.92. The molecule has 1 fully saturated rings. The van der Waals surface area contributed by atoms with E-state index in [9.17, 15) is 30.8 Å². The average Bonchev–Trinajstić information content (AvgIpc) is 3.13. The smallest absolute Gasteiger partial charge is 0.417 e. The monoisotopic (exact) mass is 447 g/mol. The Balaban J connectivity index is 1.98. The second kappa shape index (κ2) is 8.23. The first kappa shape index (κ1) is 22.0. The van der Waals surface area contributed by atoms with E-state index in [1.54, 1.807) is 0 Å². The lowest BCUT2D eigenvalue weighted by molar-refractivity contribution is -0.144. The summed E-state index contributed by atoms with van der Waals surface area (Å²) in [7, 11) is -3.72. The Hall–Kier alpha value is -2.66. The first-order valence-electron chi connectivity index (χ1n) is 8.72. The molecule has 1 aliphatic heterocycles. The van der Waals surface area contributed by atoms with Crippen LogP contribution in [0.2, 0.25) is 0 Å². The highest BCUT2D eigenvalue weighted by molar-refractivity contribution is 7.89. The van der Waals surface area contributed by atoms with Crippen LogP contribution in [0.1, 0.15) is 12.0 Å². The average molecular weight is 447 g/mol. The Kier molecular flexibility index (Phi) is 6.04. The van der Waals surface area contributed by atoms with E-state index in [-0.39, 0.29) is 12.2 Å². The summed E-state index contributed by atoms with van der Waals surface area (Å²) in [6.07, 6.45) is -6.11. The van der Waals surface area contributed by atoms with Gasteiger partial charge in [-0.1, -0.05) is 24.3 Å². The van der Waals surface area contributed by atoms with E-state index in [1.807, 2.05) is 0 Å². The van der Waals surface area contributed by atoms with Crippen molar-refractivity contribution in [3.63, 3.8) is 0 Å². The van der Waals surface area contributed by atoms with Gasteiger partial charge in [-0.2, -0.15) is 17.5 Å². The summed E-state index contributed by atoms with van der Waals surface area (Å²) in [6, 6.07) is 7.64. The molecular formula is C19H17F4NO5S. The molecule has 2 aromatic carbocycles. The summed E-state index contributed by atoms with van der Waals surface area (Å²) < 4.78 is 90.8. The maximum atomic E-state index is 13.9. The number of esters is 1. The summed E-state index contributed by atoms with van der Waals surface area (Å²) in [5.41, 5.74) is -1.35. The topological polar surface area (TPSA) is 72.9 Å². The standard InChI is InChI=1S/C19H17F4NO5S/c1-28-18(25)15-10-12(29-16-8-4-3-7-14(16)20)11-24(15)30(26,27)17-9-5-2-6-13(17)19(21,22)23/h2-9,12,15H,10-11H2,1H3/t12-,15+/m0/s1. The lowest BCUT2D eigenvalue weighted by Crippen LogP contribution is -2.41. The van der Waals surface area contributed by atoms with Crippen LogP contribution in [0.3, 0.4) is 0 Å². The number of sulfonamides is 1. The number of hydrogen-bond acceptors (Lipinski definition) is 5. The van der Waals surface area contributed by atoms with Crippen molar-refractivity contribution in [2.75, 3.05) is 13.7 Å². The lowest BCUT2D eigenvalue weighted by Gasteiger charge is -2.23. The molecule has 162 valence electrons. The molecular weight excluding hydrogens is 430 g/mol. The number of alkyl halides is 3. The van der Waals surface area contributed by atoms with Gasteiger partial charge >= 0.3 is 12.1 Å². The van der Waals surface area contributed by atoms with E-state index in [1.165, 1.54) is 18.2 Å². The Labute approximate surface area is 170 Å².